The van der Waals surface area contributed by atoms with Gasteiger partial charge >= 0.3 is 5.97 Å². The Hall–Kier alpha value is -2.83. The van der Waals surface area contributed by atoms with Gasteiger partial charge in [-0.1, -0.05) is 0 Å². The number of nitrogens with zero attached hydrogens (tertiary/aromatic N) is 3. The molecule has 0 unspecified atom stereocenters. The van der Waals surface area contributed by atoms with Gasteiger partial charge in [0.15, 0.2) is 0 Å². The number of carboxylic acid groups (broad SMARTS) is 1. The highest BCUT2D eigenvalue weighted by atomic mass is 16.5. The van der Waals surface area contributed by atoms with Crippen molar-refractivity contribution in [1.29, 1.82) is 0 Å². The van der Waals surface area contributed by atoms with Crippen molar-refractivity contribution < 1.29 is 14.6 Å². The van der Waals surface area contributed by atoms with Crippen molar-refractivity contribution in [3.05, 3.63) is 36.7 Å². The predicted octanol–water partition coefficient (Wildman–Crippen LogP) is 2.53. The maximum absolute atomic E-state index is 11.0. The third-order valence-corrected chi connectivity index (χ3v) is 4.18. The fourth-order valence-electron chi connectivity index (χ4n) is 2.77. The summed E-state index contributed by atoms with van der Waals surface area (Å²) in [5.41, 5.74) is 0.907. The Bertz CT molecular complexity index is 697. The fourth-order valence-corrected chi connectivity index (χ4v) is 2.77. The Morgan fingerprint density at radius 3 is 2.58 bits per heavy atom. The van der Waals surface area contributed by atoms with Crippen LogP contribution in [0.5, 0.6) is 5.75 Å². The molecule has 0 aliphatic carbocycles. The Balaban J connectivity index is 1.66. The first-order chi connectivity index (χ1) is 11.7. The average Bonchev–Trinajstić information content (AvgIpc) is 2.63. The molecule has 2 N–H and O–H groups in total. The number of carboxylic acids is 1. The molecule has 0 amide bonds. The molecule has 7 heteroatoms. The van der Waals surface area contributed by atoms with E-state index in [9.17, 15) is 4.79 Å². The van der Waals surface area contributed by atoms with Crippen molar-refractivity contribution >= 4 is 23.3 Å². The van der Waals surface area contributed by atoms with E-state index in [4.69, 9.17) is 9.84 Å². The van der Waals surface area contributed by atoms with Gasteiger partial charge in [0.25, 0.3) is 0 Å². The van der Waals surface area contributed by atoms with Gasteiger partial charge in [-0.05, 0) is 37.1 Å². The maximum Gasteiger partial charge on any atom is 0.306 e. The summed E-state index contributed by atoms with van der Waals surface area (Å²) in [6, 6.07) is 9.46. The lowest BCUT2D eigenvalue weighted by Gasteiger charge is -2.31. The minimum absolute atomic E-state index is 0.250. The van der Waals surface area contributed by atoms with Crippen molar-refractivity contribution in [2.75, 3.05) is 30.4 Å². The van der Waals surface area contributed by atoms with Crippen molar-refractivity contribution in [2.24, 2.45) is 5.92 Å². The zero-order valence-corrected chi connectivity index (χ0v) is 13.5. The van der Waals surface area contributed by atoms with E-state index in [1.165, 1.54) is 6.33 Å². The molecule has 0 bridgehead atoms. The van der Waals surface area contributed by atoms with E-state index in [-0.39, 0.29) is 5.92 Å². The van der Waals surface area contributed by atoms with Crippen LogP contribution in [-0.4, -0.2) is 41.2 Å². The van der Waals surface area contributed by atoms with Gasteiger partial charge in [-0.15, -0.1) is 0 Å². The minimum Gasteiger partial charge on any atom is -0.497 e. The molecular weight excluding hydrogens is 308 g/mol. The molecule has 0 saturated carbocycles. The lowest BCUT2D eigenvalue weighted by Crippen LogP contribution is -2.36. The van der Waals surface area contributed by atoms with Crippen LogP contribution in [0.2, 0.25) is 0 Å². The van der Waals surface area contributed by atoms with E-state index < -0.39 is 5.97 Å². The number of rotatable bonds is 5. The number of piperidine rings is 1. The number of benzene rings is 1. The molecule has 1 aromatic carbocycles. The number of aromatic nitrogens is 2. The number of hydrogen-bond acceptors (Lipinski definition) is 6. The van der Waals surface area contributed by atoms with Gasteiger partial charge in [0.2, 0.25) is 0 Å². The lowest BCUT2D eigenvalue weighted by molar-refractivity contribution is -0.142. The molecule has 24 heavy (non-hydrogen) atoms. The molecule has 2 heterocycles. The minimum atomic E-state index is -0.709. The number of nitrogens with one attached hydrogen (secondary N) is 1. The summed E-state index contributed by atoms with van der Waals surface area (Å²) in [6.45, 7) is 1.38. The smallest absolute Gasteiger partial charge is 0.306 e. The number of ether oxygens (including phenoxy) is 1. The Kier molecular flexibility index (Phi) is 4.79. The molecule has 1 aliphatic rings. The maximum atomic E-state index is 11.0. The van der Waals surface area contributed by atoms with Crippen LogP contribution in [0.15, 0.2) is 36.7 Å². The van der Waals surface area contributed by atoms with E-state index in [0.717, 1.165) is 17.3 Å². The van der Waals surface area contributed by atoms with Crippen molar-refractivity contribution in [3.63, 3.8) is 0 Å². The fraction of sp³-hybridized carbons (Fsp3) is 0.353. The highest BCUT2D eigenvalue weighted by Crippen LogP contribution is 2.24. The summed E-state index contributed by atoms with van der Waals surface area (Å²) in [6.07, 6.45) is 2.80. The third-order valence-electron chi connectivity index (χ3n) is 4.18. The van der Waals surface area contributed by atoms with E-state index in [1.54, 1.807) is 7.11 Å². The Morgan fingerprint density at radius 1 is 1.25 bits per heavy atom. The molecule has 1 aromatic heterocycles. The zero-order chi connectivity index (χ0) is 16.9. The van der Waals surface area contributed by atoms with Gasteiger partial charge in [0, 0.05) is 24.8 Å². The highest BCUT2D eigenvalue weighted by molar-refractivity contribution is 5.70. The summed E-state index contributed by atoms with van der Waals surface area (Å²) >= 11 is 0. The van der Waals surface area contributed by atoms with Crippen LogP contribution in [-0.2, 0) is 4.79 Å². The normalized spacial score (nSPS) is 15.1. The van der Waals surface area contributed by atoms with Gasteiger partial charge in [-0.3, -0.25) is 4.79 Å². The van der Waals surface area contributed by atoms with Crippen LogP contribution >= 0.6 is 0 Å². The number of anilines is 3. The lowest BCUT2D eigenvalue weighted by atomic mass is 9.97. The van der Waals surface area contributed by atoms with Crippen molar-refractivity contribution in [2.45, 2.75) is 12.8 Å². The first-order valence-electron chi connectivity index (χ1n) is 7.86. The van der Waals surface area contributed by atoms with Crippen LogP contribution in [0.4, 0.5) is 17.3 Å². The first-order valence-corrected chi connectivity index (χ1v) is 7.86. The van der Waals surface area contributed by atoms with Crippen LogP contribution in [0, 0.1) is 5.92 Å². The third kappa shape index (κ3) is 3.73. The SMILES string of the molecule is COc1ccc(Nc2cc(N3CCC(C(=O)O)CC3)ncn2)cc1. The molecule has 1 fully saturated rings. The summed E-state index contributed by atoms with van der Waals surface area (Å²) < 4.78 is 5.14. The van der Waals surface area contributed by atoms with E-state index in [1.807, 2.05) is 30.3 Å². The number of hydrogen-bond donors (Lipinski definition) is 2. The zero-order valence-electron chi connectivity index (χ0n) is 13.5. The van der Waals surface area contributed by atoms with E-state index >= 15 is 0 Å². The van der Waals surface area contributed by atoms with Crippen LogP contribution in [0.1, 0.15) is 12.8 Å². The monoisotopic (exact) mass is 328 g/mol. The van der Waals surface area contributed by atoms with E-state index in [2.05, 4.69) is 20.2 Å². The van der Waals surface area contributed by atoms with Crippen LogP contribution in [0.3, 0.4) is 0 Å². The molecular formula is C17H20N4O3. The second kappa shape index (κ2) is 7.16. The molecule has 126 valence electrons. The molecule has 2 aromatic rings. The van der Waals surface area contributed by atoms with Crippen LogP contribution in [0.25, 0.3) is 0 Å². The second-order valence-corrected chi connectivity index (χ2v) is 5.71. The summed E-state index contributed by atoms with van der Waals surface area (Å²) in [4.78, 5) is 21.7. The molecule has 0 atom stereocenters. The molecule has 0 radical (unpaired) electrons. The van der Waals surface area contributed by atoms with Crippen molar-refractivity contribution in [3.8, 4) is 5.75 Å². The van der Waals surface area contributed by atoms with Gasteiger partial charge in [-0.25, -0.2) is 9.97 Å². The van der Waals surface area contributed by atoms with Gasteiger partial charge in [0.05, 0.1) is 13.0 Å². The highest BCUT2D eigenvalue weighted by Gasteiger charge is 2.25. The summed E-state index contributed by atoms with van der Waals surface area (Å²) in [5.74, 6) is 1.35. The molecule has 7 nitrogen and oxygen atoms in total. The molecule has 3 rings (SSSR count). The number of methoxy groups -OCH3 is 1. The topological polar surface area (TPSA) is 87.6 Å². The van der Waals surface area contributed by atoms with Gasteiger partial charge in [0.1, 0.15) is 23.7 Å². The van der Waals surface area contributed by atoms with Crippen LogP contribution < -0.4 is 15.0 Å². The second-order valence-electron chi connectivity index (χ2n) is 5.71. The molecule has 1 saturated heterocycles. The number of aliphatic carboxylic acids is 1. The van der Waals surface area contributed by atoms with Gasteiger partial charge < -0.3 is 20.1 Å². The summed E-state index contributed by atoms with van der Waals surface area (Å²) in [7, 11) is 1.63. The quantitative estimate of drug-likeness (QED) is 0.872. The Morgan fingerprint density at radius 2 is 1.96 bits per heavy atom. The van der Waals surface area contributed by atoms with Crippen molar-refractivity contribution in [1.82, 2.24) is 9.97 Å². The predicted molar refractivity (Wildman–Crippen MR) is 90.9 cm³/mol. The largest absolute Gasteiger partial charge is 0.497 e. The summed E-state index contributed by atoms with van der Waals surface area (Å²) in [5, 5.41) is 12.3. The Labute approximate surface area is 140 Å². The standard InChI is InChI=1S/C17H20N4O3/c1-24-14-4-2-13(3-5-14)20-15-10-16(19-11-18-15)21-8-6-12(7-9-21)17(22)23/h2-5,10-12H,6-9H2,1H3,(H,22,23)(H,18,19,20). The van der Waals surface area contributed by atoms with Gasteiger partial charge in [-0.2, -0.15) is 0 Å². The first kappa shape index (κ1) is 16.0. The number of carbonyl (C=O) groups is 1. The van der Waals surface area contributed by atoms with E-state index in [0.29, 0.717) is 31.7 Å². The molecule has 1 aliphatic heterocycles. The molecule has 0 spiro atoms. The average molecular weight is 328 g/mol.